The van der Waals surface area contributed by atoms with Crippen LogP contribution < -0.4 is 5.32 Å². The molecule has 1 saturated carbocycles. The van der Waals surface area contributed by atoms with E-state index >= 15 is 0 Å². The number of aliphatic hydroxyl groups is 1. The maximum Gasteiger partial charge on any atom is 0.0898 e. The van der Waals surface area contributed by atoms with Gasteiger partial charge in [0.15, 0.2) is 0 Å². The van der Waals surface area contributed by atoms with Gasteiger partial charge in [-0.15, -0.1) is 0 Å². The number of benzene rings is 1. The van der Waals surface area contributed by atoms with Gasteiger partial charge in [-0.3, -0.25) is 0 Å². The van der Waals surface area contributed by atoms with Gasteiger partial charge in [-0.2, -0.15) is 0 Å². The highest BCUT2D eigenvalue weighted by Gasteiger charge is 2.26. The van der Waals surface area contributed by atoms with Crippen molar-refractivity contribution in [2.75, 3.05) is 13.2 Å². The van der Waals surface area contributed by atoms with Crippen LogP contribution in [-0.4, -0.2) is 29.9 Å². The van der Waals surface area contributed by atoms with Crippen LogP contribution in [0.3, 0.4) is 0 Å². The molecule has 0 radical (unpaired) electrons. The van der Waals surface area contributed by atoms with Gasteiger partial charge >= 0.3 is 0 Å². The van der Waals surface area contributed by atoms with Crippen LogP contribution >= 0.6 is 0 Å². The standard InChI is InChI=1S/C17H27NO2/c1-17(10-6-3-7-11-17)18-12-16(19)14-20-13-15-8-4-2-5-9-15/h2,4-5,8-9,16,18-19H,3,6-7,10-14H2,1H3. The predicted octanol–water partition coefficient (Wildman–Crippen LogP) is 2.88. The Morgan fingerprint density at radius 1 is 1.20 bits per heavy atom. The molecule has 2 N–H and O–H groups in total. The summed E-state index contributed by atoms with van der Waals surface area (Å²) in [5, 5.41) is 13.5. The lowest BCUT2D eigenvalue weighted by Crippen LogP contribution is -2.47. The Morgan fingerprint density at radius 2 is 1.90 bits per heavy atom. The summed E-state index contributed by atoms with van der Waals surface area (Å²) < 4.78 is 5.56. The van der Waals surface area contributed by atoms with Crippen molar-refractivity contribution in [2.24, 2.45) is 0 Å². The fraction of sp³-hybridized carbons (Fsp3) is 0.647. The summed E-state index contributed by atoms with van der Waals surface area (Å²) in [7, 11) is 0. The molecule has 3 heteroatoms. The SMILES string of the molecule is CC1(NCC(O)COCc2ccccc2)CCCCC1. The van der Waals surface area contributed by atoms with Crippen molar-refractivity contribution in [2.45, 2.75) is 57.3 Å². The van der Waals surface area contributed by atoms with Gasteiger partial charge in [0, 0.05) is 12.1 Å². The summed E-state index contributed by atoms with van der Waals surface area (Å²) in [6, 6.07) is 10.1. The molecule has 1 fully saturated rings. The van der Waals surface area contributed by atoms with Gasteiger partial charge in [-0.1, -0.05) is 49.6 Å². The number of nitrogens with one attached hydrogen (secondary N) is 1. The zero-order valence-corrected chi connectivity index (χ0v) is 12.5. The van der Waals surface area contributed by atoms with Gasteiger partial charge < -0.3 is 15.2 Å². The van der Waals surface area contributed by atoms with E-state index in [1.54, 1.807) is 0 Å². The molecule has 1 aromatic carbocycles. The van der Waals surface area contributed by atoms with E-state index in [-0.39, 0.29) is 5.54 Å². The summed E-state index contributed by atoms with van der Waals surface area (Å²) in [5.74, 6) is 0. The maximum absolute atomic E-state index is 9.98. The van der Waals surface area contributed by atoms with Gasteiger partial charge in [0.1, 0.15) is 0 Å². The Bertz CT molecular complexity index is 374. The lowest BCUT2D eigenvalue weighted by atomic mass is 9.83. The number of ether oxygens (including phenoxy) is 1. The van der Waals surface area contributed by atoms with Gasteiger partial charge in [0.2, 0.25) is 0 Å². The van der Waals surface area contributed by atoms with E-state index in [9.17, 15) is 5.11 Å². The molecule has 0 heterocycles. The Kier molecular flexibility index (Phi) is 6.02. The number of rotatable bonds is 7. The Labute approximate surface area is 122 Å². The molecule has 0 saturated heterocycles. The quantitative estimate of drug-likeness (QED) is 0.805. The summed E-state index contributed by atoms with van der Waals surface area (Å²) >= 11 is 0. The first-order valence-corrected chi connectivity index (χ1v) is 7.73. The largest absolute Gasteiger partial charge is 0.389 e. The molecule has 1 unspecified atom stereocenters. The molecule has 0 aliphatic heterocycles. The minimum absolute atomic E-state index is 0.207. The number of aliphatic hydroxyl groups excluding tert-OH is 1. The highest BCUT2D eigenvalue weighted by Crippen LogP contribution is 2.27. The minimum atomic E-state index is -0.433. The van der Waals surface area contributed by atoms with Crippen molar-refractivity contribution in [3.05, 3.63) is 35.9 Å². The van der Waals surface area contributed by atoms with Crippen LogP contribution in [0.4, 0.5) is 0 Å². The zero-order valence-electron chi connectivity index (χ0n) is 12.5. The molecule has 112 valence electrons. The van der Waals surface area contributed by atoms with Crippen molar-refractivity contribution < 1.29 is 9.84 Å². The average Bonchev–Trinajstić information content (AvgIpc) is 2.47. The first-order chi connectivity index (χ1) is 9.68. The third kappa shape index (κ3) is 5.23. The van der Waals surface area contributed by atoms with Crippen LogP contribution in [0.2, 0.25) is 0 Å². The van der Waals surface area contributed by atoms with Crippen LogP contribution in [0, 0.1) is 0 Å². The third-order valence-electron chi connectivity index (χ3n) is 4.14. The summed E-state index contributed by atoms with van der Waals surface area (Å²) in [6.45, 7) is 3.84. The average molecular weight is 277 g/mol. The Balaban J connectivity index is 1.61. The van der Waals surface area contributed by atoms with Crippen molar-refractivity contribution in [3.63, 3.8) is 0 Å². The molecule has 0 amide bonds. The first kappa shape index (κ1) is 15.5. The van der Waals surface area contributed by atoms with Gasteiger partial charge in [-0.05, 0) is 25.3 Å². The van der Waals surface area contributed by atoms with Crippen molar-refractivity contribution in [1.29, 1.82) is 0 Å². The number of hydrogen-bond donors (Lipinski definition) is 2. The molecule has 3 nitrogen and oxygen atoms in total. The number of hydrogen-bond acceptors (Lipinski definition) is 3. The van der Waals surface area contributed by atoms with Crippen LogP contribution in [0.5, 0.6) is 0 Å². The van der Waals surface area contributed by atoms with Crippen molar-refractivity contribution >= 4 is 0 Å². The topological polar surface area (TPSA) is 41.5 Å². The fourth-order valence-corrected chi connectivity index (χ4v) is 2.82. The molecular weight excluding hydrogens is 250 g/mol. The molecule has 1 aliphatic carbocycles. The van der Waals surface area contributed by atoms with Crippen LogP contribution in [0.15, 0.2) is 30.3 Å². The van der Waals surface area contributed by atoms with E-state index in [0.717, 1.165) is 5.56 Å². The highest BCUT2D eigenvalue weighted by atomic mass is 16.5. The van der Waals surface area contributed by atoms with Gasteiger partial charge in [-0.25, -0.2) is 0 Å². The Morgan fingerprint density at radius 3 is 2.60 bits per heavy atom. The smallest absolute Gasteiger partial charge is 0.0898 e. The second-order valence-corrected chi connectivity index (χ2v) is 6.16. The summed E-state index contributed by atoms with van der Waals surface area (Å²) in [6.07, 6.45) is 5.93. The van der Waals surface area contributed by atoms with E-state index in [2.05, 4.69) is 12.2 Å². The van der Waals surface area contributed by atoms with E-state index in [4.69, 9.17) is 4.74 Å². The van der Waals surface area contributed by atoms with Crippen molar-refractivity contribution in [1.82, 2.24) is 5.32 Å². The maximum atomic E-state index is 9.98. The van der Waals surface area contributed by atoms with E-state index in [0.29, 0.717) is 19.8 Å². The van der Waals surface area contributed by atoms with Crippen LogP contribution in [-0.2, 0) is 11.3 Å². The van der Waals surface area contributed by atoms with Crippen LogP contribution in [0.1, 0.15) is 44.6 Å². The second-order valence-electron chi connectivity index (χ2n) is 6.16. The Hall–Kier alpha value is -0.900. The van der Waals surface area contributed by atoms with Crippen LogP contribution in [0.25, 0.3) is 0 Å². The first-order valence-electron chi connectivity index (χ1n) is 7.73. The monoisotopic (exact) mass is 277 g/mol. The lowest BCUT2D eigenvalue weighted by molar-refractivity contribution is 0.0238. The van der Waals surface area contributed by atoms with E-state index < -0.39 is 6.10 Å². The molecule has 0 spiro atoms. The van der Waals surface area contributed by atoms with E-state index in [1.165, 1.54) is 32.1 Å². The lowest BCUT2D eigenvalue weighted by Gasteiger charge is -2.35. The summed E-state index contributed by atoms with van der Waals surface area (Å²) in [5.41, 5.74) is 1.35. The molecule has 2 rings (SSSR count). The predicted molar refractivity (Wildman–Crippen MR) is 81.6 cm³/mol. The molecule has 0 bridgehead atoms. The summed E-state index contributed by atoms with van der Waals surface area (Å²) in [4.78, 5) is 0. The molecule has 0 aromatic heterocycles. The fourth-order valence-electron chi connectivity index (χ4n) is 2.82. The van der Waals surface area contributed by atoms with Gasteiger partial charge in [0.25, 0.3) is 0 Å². The zero-order chi connectivity index (χ0) is 14.3. The van der Waals surface area contributed by atoms with E-state index in [1.807, 2.05) is 30.3 Å². The second kappa shape index (κ2) is 7.77. The highest BCUT2D eigenvalue weighted by molar-refractivity contribution is 5.13. The molecule has 1 aliphatic rings. The molecular formula is C17H27NO2. The normalized spacial score (nSPS) is 19.7. The number of β-amino-alcohol motifs (C(OH)–C–C–N with tert-alkyl or cyclic N) is 1. The molecule has 1 aromatic rings. The van der Waals surface area contributed by atoms with Gasteiger partial charge in [0.05, 0.1) is 19.3 Å². The molecule has 1 atom stereocenters. The third-order valence-corrected chi connectivity index (χ3v) is 4.14. The van der Waals surface area contributed by atoms with Crippen molar-refractivity contribution in [3.8, 4) is 0 Å². The molecule has 20 heavy (non-hydrogen) atoms. The minimum Gasteiger partial charge on any atom is -0.389 e.